The first-order valence-corrected chi connectivity index (χ1v) is 7.77. The van der Waals surface area contributed by atoms with E-state index in [-0.39, 0.29) is 0 Å². The minimum Gasteiger partial charge on any atom is -0.467 e. The number of benzene rings is 1. The van der Waals surface area contributed by atoms with E-state index in [0.717, 1.165) is 11.0 Å². The Morgan fingerprint density at radius 3 is 2.67 bits per heavy atom. The molecule has 2 aromatic rings. The third-order valence-corrected chi connectivity index (χ3v) is 3.36. The van der Waals surface area contributed by atoms with Gasteiger partial charge in [-0.15, -0.1) is 0 Å². The molecule has 0 bridgehead atoms. The summed E-state index contributed by atoms with van der Waals surface area (Å²) in [5, 5.41) is 2.57. The third kappa shape index (κ3) is 4.71. The molecule has 1 heterocycles. The number of rotatable bonds is 5. The van der Waals surface area contributed by atoms with Crippen molar-refractivity contribution in [1.29, 1.82) is 0 Å². The lowest BCUT2D eigenvalue weighted by Crippen LogP contribution is -2.44. The van der Waals surface area contributed by atoms with Crippen LogP contribution in [-0.4, -0.2) is 40.4 Å². The fourth-order valence-corrected chi connectivity index (χ4v) is 2.30. The Bertz CT molecular complexity index is 718. The number of methoxy groups -OCH3 is 1. The molecule has 1 unspecified atom stereocenters. The molecule has 0 aliphatic carbocycles. The van der Waals surface area contributed by atoms with Gasteiger partial charge in [-0.25, -0.2) is 14.6 Å². The SMILES string of the molecule is COC(=O)C(CCn1cnc2ccccc21)NC(=O)OC(C)(C)C. The average Bonchev–Trinajstić information content (AvgIpc) is 2.92. The van der Waals surface area contributed by atoms with Crippen molar-refractivity contribution in [2.75, 3.05) is 7.11 Å². The second-order valence-electron chi connectivity index (χ2n) is 6.44. The fraction of sp³-hybridized carbons (Fsp3) is 0.471. The molecule has 1 aromatic carbocycles. The Labute approximate surface area is 141 Å². The molecule has 24 heavy (non-hydrogen) atoms. The average molecular weight is 333 g/mol. The predicted molar refractivity (Wildman–Crippen MR) is 89.5 cm³/mol. The highest BCUT2D eigenvalue weighted by Gasteiger charge is 2.25. The maximum atomic E-state index is 11.9. The van der Waals surface area contributed by atoms with Crippen molar-refractivity contribution in [3.05, 3.63) is 30.6 Å². The summed E-state index contributed by atoms with van der Waals surface area (Å²) in [6.07, 6.45) is 1.44. The molecule has 7 nitrogen and oxygen atoms in total. The number of aryl methyl sites for hydroxylation is 1. The van der Waals surface area contributed by atoms with Crippen molar-refractivity contribution < 1.29 is 19.1 Å². The zero-order valence-electron chi connectivity index (χ0n) is 14.4. The van der Waals surface area contributed by atoms with Crippen LogP contribution in [0, 0.1) is 0 Å². The van der Waals surface area contributed by atoms with E-state index in [0.29, 0.717) is 13.0 Å². The minimum absolute atomic E-state index is 0.367. The smallest absolute Gasteiger partial charge is 0.408 e. The number of hydrogen-bond donors (Lipinski definition) is 1. The number of esters is 1. The fourth-order valence-electron chi connectivity index (χ4n) is 2.30. The Balaban J connectivity index is 2.04. The molecule has 0 saturated heterocycles. The molecule has 1 N–H and O–H groups in total. The Kier molecular flexibility index (Phi) is 5.43. The van der Waals surface area contributed by atoms with Gasteiger partial charge in [0.25, 0.3) is 0 Å². The van der Waals surface area contributed by atoms with Crippen LogP contribution in [0.1, 0.15) is 27.2 Å². The maximum Gasteiger partial charge on any atom is 0.408 e. The first kappa shape index (κ1) is 17.8. The molecule has 0 saturated carbocycles. The zero-order valence-corrected chi connectivity index (χ0v) is 14.4. The Morgan fingerprint density at radius 1 is 1.29 bits per heavy atom. The second-order valence-corrected chi connectivity index (χ2v) is 6.44. The van der Waals surface area contributed by atoms with E-state index in [1.807, 2.05) is 28.8 Å². The number of aromatic nitrogens is 2. The van der Waals surface area contributed by atoms with Crippen LogP contribution in [0.3, 0.4) is 0 Å². The summed E-state index contributed by atoms with van der Waals surface area (Å²) in [6, 6.07) is 6.93. The quantitative estimate of drug-likeness (QED) is 0.850. The summed E-state index contributed by atoms with van der Waals surface area (Å²) in [4.78, 5) is 28.1. The number of nitrogens with one attached hydrogen (secondary N) is 1. The van der Waals surface area contributed by atoms with Crippen LogP contribution in [-0.2, 0) is 20.8 Å². The molecule has 0 fully saturated rings. The van der Waals surface area contributed by atoms with Gasteiger partial charge in [0, 0.05) is 6.54 Å². The highest BCUT2D eigenvalue weighted by molar-refractivity contribution is 5.81. The number of fused-ring (bicyclic) bond motifs is 1. The maximum absolute atomic E-state index is 11.9. The summed E-state index contributed by atoms with van der Waals surface area (Å²) in [7, 11) is 1.29. The van der Waals surface area contributed by atoms with Gasteiger partial charge in [0.05, 0.1) is 24.5 Å². The van der Waals surface area contributed by atoms with E-state index in [1.54, 1.807) is 27.1 Å². The summed E-state index contributed by atoms with van der Waals surface area (Å²) >= 11 is 0. The van der Waals surface area contributed by atoms with E-state index in [2.05, 4.69) is 10.3 Å². The van der Waals surface area contributed by atoms with Crippen LogP contribution >= 0.6 is 0 Å². The largest absolute Gasteiger partial charge is 0.467 e. The standard InChI is InChI=1S/C17H23N3O4/c1-17(2,3)24-16(22)19-13(15(21)23-4)9-10-20-11-18-12-7-5-6-8-14(12)20/h5-8,11,13H,9-10H2,1-4H3,(H,19,22). The summed E-state index contributed by atoms with van der Waals surface area (Å²) in [5.74, 6) is -0.509. The number of amides is 1. The zero-order chi connectivity index (χ0) is 17.7. The van der Waals surface area contributed by atoms with E-state index in [1.165, 1.54) is 7.11 Å². The number of para-hydroxylation sites is 2. The highest BCUT2D eigenvalue weighted by Crippen LogP contribution is 2.13. The highest BCUT2D eigenvalue weighted by atomic mass is 16.6. The van der Waals surface area contributed by atoms with Crippen LogP contribution in [0.2, 0.25) is 0 Å². The van der Waals surface area contributed by atoms with E-state index < -0.39 is 23.7 Å². The van der Waals surface area contributed by atoms with Gasteiger partial charge in [0.15, 0.2) is 0 Å². The molecule has 1 atom stereocenters. The summed E-state index contributed by atoms with van der Waals surface area (Å²) in [6.45, 7) is 5.79. The van der Waals surface area contributed by atoms with Gasteiger partial charge in [-0.1, -0.05) is 12.1 Å². The number of nitrogens with zero attached hydrogens (tertiary/aromatic N) is 2. The second kappa shape index (κ2) is 7.33. The van der Waals surface area contributed by atoms with Crippen molar-refractivity contribution >= 4 is 23.1 Å². The molecule has 0 radical (unpaired) electrons. The van der Waals surface area contributed by atoms with Gasteiger partial charge >= 0.3 is 12.1 Å². The monoisotopic (exact) mass is 333 g/mol. The summed E-state index contributed by atoms with van der Waals surface area (Å²) in [5.41, 5.74) is 1.22. The van der Waals surface area contributed by atoms with E-state index >= 15 is 0 Å². The van der Waals surface area contributed by atoms with E-state index in [4.69, 9.17) is 9.47 Å². The van der Waals surface area contributed by atoms with Crippen LogP contribution in [0.4, 0.5) is 4.79 Å². The normalized spacial score (nSPS) is 12.7. The molecule has 0 aliphatic heterocycles. The Hall–Kier alpha value is -2.57. The van der Waals surface area contributed by atoms with Crippen LogP contribution < -0.4 is 5.32 Å². The molecular formula is C17H23N3O4. The van der Waals surface area contributed by atoms with Gasteiger partial charge in [-0.05, 0) is 39.3 Å². The topological polar surface area (TPSA) is 82.5 Å². The van der Waals surface area contributed by atoms with Crippen molar-refractivity contribution in [3.63, 3.8) is 0 Å². The van der Waals surface area contributed by atoms with Crippen molar-refractivity contribution in [2.24, 2.45) is 0 Å². The molecule has 0 spiro atoms. The van der Waals surface area contributed by atoms with Gasteiger partial charge in [-0.3, -0.25) is 0 Å². The lowest BCUT2D eigenvalue weighted by Gasteiger charge is -2.22. The van der Waals surface area contributed by atoms with E-state index in [9.17, 15) is 9.59 Å². The van der Waals surface area contributed by atoms with Gasteiger partial charge in [0.1, 0.15) is 11.6 Å². The first-order chi connectivity index (χ1) is 11.3. The molecule has 1 aromatic heterocycles. The number of ether oxygens (including phenoxy) is 2. The third-order valence-electron chi connectivity index (χ3n) is 3.36. The molecule has 2 rings (SSSR count). The van der Waals surface area contributed by atoms with Gasteiger partial charge in [0.2, 0.25) is 0 Å². The number of carbonyl (C=O) groups is 2. The summed E-state index contributed by atoms with van der Waals surface area (Å²) < 4.78 is 11.9. The van der Waals surface area contributed by atoms with Gasteiger partial charge < -0.3 is 19.4 Å². The van der Waals surface area contributed by atoms with Crippen LogP contribution in [0.25, 0.3) is 11.0 Å². The molecule has 130 valence electrons. The number of carbonyl (C=O) groups excluding carboxylic acids is 2. The van der Waals surface area contributed by atoms with Crippen LogP contribution in [0.5, 0.6) is 0 Å². The molecule has 7 heteroatoms. The Morgan fingerprint density at radius 2 is 2.00 bits per heavy atom. The molecular weight excluding hydrogens is 310 g/mol. The number of imidazole rings is 1. The molecule has 1 amide bonds. The predicted octanol–water partition coefficient (Wildman–Crippen LogP) is 2.49. The number of alkyl carbamates (subject to hydrolysis) is 1. The lowest BCUT2D eigenvalue weighted by atomic mass is 10.2. The van der Waals surface area contributed by atoms with Crippen LogP contribution in [0.15, 0.2) is 30.6 Å². The first-order valence-electron chi connectivity index (χ1n) is 7.77. The molecule has 0 aliphatic rings. The van der Waals surface area contributed by atoms with Crippen molar-refractivity contribution in [3.8, 4) is 0 Å². The van der Waals surface area contributed by atoms with Crippen molar-refractivity contribution in [1.82, 2.24) is 14.9 Å². The van der Waals surface area contributed by atoms with Gasteiger partial charge in [-0.2, -0.15) is 0 Å². The van der Waals surface area contributed by atoms with Crippen molar-refractivity contribution in [2.45, 2.75) is 45.4 Å². The number of hydrogen-bond acceptors (Lipinski definition) is 5. The minimum atomic E-state index is -0.786. The lowest BCUT2D eigenvalue weighted by molar-refractivity contribution is -0.143.